The van der Waals surface area contributed by atoms with Crippen molar-refractivity contribution in [1.82, 2.24) is 0 Å². The maximum Gasteiger partial charge on any atom is 0.234 e. The van der Waals surface area contributed by atoms with Crippen LogP contribution in [0.15, 0.2) is 114 Å². The van der Waals surface area contributed by atoms with Gasteiger partial charge in [0.05, 0.1) is 6.54 Å². The number of nitrogens with two attached hydrogens (primary N) is 1. The lowest BCUT2D eigenvalue weighted by Gasteiger charge is -2.09. The molecule has 0 unspecified atom stereocenters. The quantitative estimate of drug-likeness (QED) is 0.0648. The molecule has 0 heterocycles. The Labute approximate surface area is 265 Å². The van der Waals surface area contributed by atoms with E-state index in [2.05, 4.69) is 91.6 Å². The number of anilines is 1. The molecule has 4 heteroatoms. The van der Waals surface area contributed by atoms with Gasteiger partial charge in [-0.1, -0.05) is 149 Å². The molecule has 4 nitrogen and oxygen atoms in total. The molecule has 0 spiro atoms. The van der Waals surface area contributed by atoms with E-state index in [1.165, 1.54) is 59.6 Å². The van der Waals surface area contributed by atoms with Crippen LogP contribution in [0.25, 0.3) is 0 Å². The van der Waals surface area contributed by atoms with Gasteiger partial charge in [-0.2, -0.15) is 0 Å². The molecule has 232 valence electrons. The predicted octanol–water partition coefficient (Wildman–Crippen LogP) is 9.73. The number of carbonyl (C=O) groups is 1. The fourth-order valence-corrected chi connectivity index (χ4v) is 4.77. The number of aliphatic imine (C=N–C) groups is 1. The minimum Gasteiger partial charge on any atom is -0.398 e. The third-order valence-corrected chi connectivity index (χ3v) is 7.28. The van der Waals surface area contributed by atoms with Crippen molar-refractivity contribution in [2.45, 2.75) is 84.5 Å². The van der Waals surface area contributed by atoms with Crippen LogP contribution in [0.1, 0.15) is 93.0 Å². The third-order valence-electron chi connectivity index (χ3n) is 7.28. The lowest BCUT2D eigenvalue weighted by Crippen LogP contribution is -2.05. The molecule has 0 saturated carbocycles. The summed E-state index contributed by atoms with van der Waals surface area (Å²) in [6.45, 7) is 4.96. The van der Waals surface area contributed by atoms with E-state index in [1.54, 1.807) is 0 Å². The van der Waals surface area contributed by atoms with Gasteiger partial charge in [0.25, 0.3) is 0 Å². The van der Waals surface area contributed by atoms with Gasteiger partial charge in [0.2, 0.25) is 6.08 Å². The summed E-state index contributed by atoms with van der Waals surface area (Å²) in [6.07, 6.45) is 12.6. The summed E-state index contributed by atoms with van der Waals surface area (Å²) in [4.78, 5) is 25.1. The smallest absolute Gasteiger partial charge is 0.234 e. The minimum atomic E-state index is 0.372. The van der Waals surface area contributed by atoms with Crippen molar-refractivity contribution in [3.63, 3.8) is 0 Å². The number of para-hydroxylation sites is 1. The van der Waals surface area contributed by atoms with Crippen molar-refractivity contribution in [2.24, 2.45) is 4.99 Å². The van der Waals surface area contributed by atoms with E-state index in [-0.39, 0.29) is 0 Å². The Morgan fingerprint density at radius 2 is 1.11 bits per heavy atom. The first-order valence-electron chi connectivity index (χ1n) is 16.1. The number of nitrogen functional groups attached to an aromatic ring is 1. The highest BCUT2D eigenvalue weighted by atomic mass is 16.1. The minimum absolute atomic E-state index is 0.372. The first kappa shape index (κ1) is 35.9. The number of Topliss-reactive ketones (excluding diaryl/α,β-unsaturated/α-hetero) is 1. The second-order valence-electron chi connectivity index (χ2n) is 11.0. The van der Waals surface area contributed by atoms with Crippen LogP contribution in [0.2, 0.25) is 0 Å². The Hall–Kier alpha value is -4.27. The SMILES string of the molecule is CCCCCCC(=O)Cc1ccccc1Cc1ccccc1.CCCCCN=C=O.Nc1ccccc1Cc1ccccc1. The maximum absolute atomic E-state index is 12.2. The van der Waals surface area contributed by atoms with Crippen LogP contribution in [0.4, 0.5) is 5.69 Å². The number of isocyanates is 1. The number of benzene rings is 4. The molecule has 0 aromatic heterocycles. The number of unbranched alkanes of at least 4 members (excludes halogenated alkanes) is 5. The van der Waals surface area contributed by atoms with Crippen molar-refractivity contribution in [3.8, 4) is 0 Å². The van der Waals surface area contributed by atoms with Crippen molar-refractivity contribution in [3.05, 3.63) is 137 Å². The van der Waals surface area contributed by atoms with E-state index in [0.29, 0.717) is 18.7 Å². The molecular formula is C40H50N2O2. The van der Waals surface area contributed by atoms with E-state index in [4.69, 9.17) is 5.73 Å². The van der Waals surface area contributed by atoms with Crippen LogP contribution in [-0.4, -0.2) is 18.4 Å². The molecule has 4 rings (SSSR count). The van der Waals surface area contributed by atoms with Crippen molar-refractivity contribution in [2.75, 3.05) is 12.3 Å². The third kappa shape index (κ3) is 15.8. The molecule has 0 aliphatic carbocycles. The molecule has 0 aliphatic rings. The second-order valence-corrected chi connectivity index (χ2v) is 11.0. The monoisotopic (exact) mass is 590 g/mol. The van der Waals surface area contributed by atoms with E-state index in [1.807, 2.05) is 36.4 Å². The zero-order valence-corrected chi connectivity index (χ0v) is 26.7. The zero-order valence-electron chi connectivity index (χ0n) is 26.7. The lowest BCUT2D eigenvalue weighted by molar-refractivity contribution is -0.118. The number of nitrogens with zero attached hydrogens (tertiary/aromatic N) is 1. The Morgan fingerprint density at radius 1 is 0.614 bits per heavy atom. The molecule has 0 saturated heterocycles. The van der Waals surface area contributed by atoms with E-state index in [0.717, 1.165) is 44.2 Å². The summed E-state index contributed by atoms with van der Waals surface area (Å²) in [6, 6.07) is 37.2. The molecular weight excluding hydrogens is 540 g/mol. The van der Waals surface area contributed by atoms with Gasteiger partial charge >= 0.3 is 0 Å². The van der Waals surface area contributed by atoms with Crippen LogP contribution < -0.4 is 5.73 Å². The molecule has 0 aliphatic heterocycles. The Bertz CT molecular complexity index is 1360. The van der Waals surface area contributed by atoms with Gasteiger partial charge in [-0.05, 0) is 59.6 Å². The molecule has 0 fully saturated rings. The van der Waals surface area contributed by atoms with Crippen LogP contribution in [0.5, 0.6) is 0 Å². The van der Waals surface area contributed by atoms with Gasteiger partial charge in [-0.25, -0.2) is 9.79 Å². The maximum atomic E-state index is 12.2. The summed E-state index contributed by atoms with van der Waals surface area (Å²) >= 11 is 0. The fraction of sp³-hybridized carbons (Fsp3) is 0.350. The van der Waals surface area contributed by atoms with Gasteiger partial charge in [0.15, 0.2) is 0 Å². The summed E-state index contributed by atoms with van der Waals surface area (Å²) in [5.74, 6) is 0.372. The van der Waals surface area contributed by atoms with E-state index >= 15 is 0 Å². The van der Waals surface area contributed by atoms with Crippen LogP contribution in [0.3, 0.4) is 0 Å². The summed E-state index contributed by atoms with van der Waals surface area (Å²) in [5, 5.41) is 0. The molecule has 0 bridgehead atoms. The molecule has 0 radical (unpaired) electrons. The van der Waals surface area contributed by atoms with Crippen molar-refractivity contribution < 1.29 is 9.59 Å². The number of ketones is 1. The molecule has 4 aromatic rings. The molecule has 44 heavy (non-hydrogen) atoms. The zero-order chi connectivity index (χ0) is 31.7. The second kappa shape index (κ2) is 23.2. The molecule has 2 N–H and O–H groups in total. The summed E-state index contributed by atoms with van der Waals surface area (Å²) in [7, 11) is 0. The standard InChI is InChI=1S/C21H26O.C13H13N.C6H11NO/c1-2-3-4-8-15-21(22)17-20-14-10-9-13-19(20)16-18-11-6-5-7-12-18;14-13-9-5-4-8-12(13)10-11-6-2-1-3-7-11;1-2-3-4-5-7-6-8/h5-7,9-14H,2-4,8,15-17H2,1H3;1-9H,10,14H2;2-5H2,1H3. The number of carbonyl (C=O) groups excluding carboxylic acids is 2. The van der Waals surface area contributed by atoms with Gasteiger partial charge in [-0.15, -0.1) is 0 Å². The number of hydrogen-bond donors (Lipinski definition) is 1. The number of rotatable bonds is 15. The van der Waals surface area contributed by atoms with Gasteiger partial charge < -0.3 is 5.73 Å². The Morgan fingerprint density at radius 3 is 1.68 bits per heavy atom. The fourth-order valence-electron chi connectivity index (χ4n) is 4.77. The van der Waals surface area contributed by atoms with Crippen molar-refractivity contribution in [1.29, 1.82) is 0 Å². The molecule has 4 aromatic carbocycles. The largest absolute Gasteiger partial charge is 0.398 e. The van der Waals surface area contributed by atoms with Gasteiger partial charge in [0.1, 0.15) is 5.78 Å². The van der Waals surface area contributed by atoms with E-state index in [9.17, 15) is 9.59 Å². The van der Waals surface area contributed by atoms with Crippen LogP contribution in [-0.2, 0) is 28.9 Å². The number of hydrogen-bond acceptors (Lipinski definition) is 4. The lowest BCUT2D eigenvalue weighted by atomic mass is 9.95. The summed E-state index contributed by atoms with van der Waals surface area (Å²) in [5.41, 5.74) is 13.0. The topological polar surface area (TPSA) is 72.5 Å². The highest BCUT2D eigenvalue weighted by molar-refractivity contribution is 5.81. The average Bonchev–Trinajstić information content (AvgIpc) is 3.05. The highest BCUT2D eigenvalue weighted by Gasteiger charge is 2.08. The van der Waals surface area contributed by atoms with Crippen molar-refractivity contribution >= 4 is 17.6 Å². The van der Waals surface area contributed by atoms with Crippen LogP contribution in [0, 0.1) is 0 Å². The molecule has 0 amide bonds. The van der Waals surface area contributed by atoms with E-state index < -0.39 is 0 Å². The Kier molecular flexibility index (Phi) is 19.0. The first-order chi connectivity index (χ1) is 21.6. The predicted molar refractivity (Wildman–Crippen MR) is 186 cm³/mol. The average molecular weight is 591 g/mol. The highest BCUT2D eigenvalue weighted by Crippen LogP contribution is 2.17. The Balaban J connectivity index is 0.000000261. The van der Waals surface area contributed by atoms with Crippen LogP contribution >= 0.6 is 0 Å². The van der Waals surface area contributed by atoms with Gasteiger partial charge in [-0.3, -0.25) is 4.79 Å². The summed E-state index contributed by atoms with van der Waals surface area (Å²) < 4.78 is 0. The van der Waals surface area contributed by atoms with Gasteiger partial charge in [0, 0.05) is 18.5 Å². The molecule has 0 atom stereocenters. The first-order valence-corrected chi connectivity index (χ1v) is 16.1. The normalized spacial score (nSPS) is 9.95.